The Morgan fingerprint density at radius 3 is 2.73 bits per heavy atom. The number of anilines is 1. The first kappa shape index (κ1) is 20.2. The molecule has 1 amide bonds. The third-order valence-electron chi connectivity index (χ3n) is 4.47. The Morgan fingerprint density at radius 1 is 1.13 bits per heavy atom. The van der Waals surface area contributed by atoms with E-state index in [2.05, 4.69) is 15.3 Å². The molecule has 30 heavy (non-hydrogen) atoms. The molecule has 0 spiro atoms. The molecule has 2 aromatic heterocycles. The van der Waals surface area contributed by atoms with Gasteiger partial charge in [-0.25, -0.2) is 4.98 Å². The average Bonchev–Trinajstić information content (AvgIpc) is 3.13. The van der Waals surface area contributed by atoms with Gasteiger partial charge >= 0.3 is 0 Å². The van der Waals surface area contributed by atoms with Crippen LogP contribution in [0.5, 0.6) is 5.75 Å². The predicted molar refractivity (Wildman–Crippen MR) is 117 cm³/mol. The van der Waals surface area contributed by atoms with Gasteiger partial charge in [-0.1, -0.05) is 29.3 Å². The maximum absolute atomic E-state index is 12.5. The summed E-state index contributed by atoms with van der Waals surface area (Å²) in [5, 5.41) is 3.72. The number of oxazole rings is 1. The zero-order chi connectivity index (χ0) is 21.3. The number of rotatable bonds is 5. The number of fused-ring (bicyclic) bond motifs is 1. The van der Waals surface area contributed by atoms with E-state index in [1.807, 2.05) is 26.0 Å². The van der Waals surface area contributed by atoms with Crippen LogP contribution < -0.4 is 10.1 Å². The normalized spacial score (nSPS) is 10.9. The predicted octanol–water partition coefficient (Wildman–Crippen LogP) is 5.83. The summed E-state index contributed by atoms with van der Waals surface area (Å²) in [7, 11) is 0. The van der Waals surface area contributed by atoms with Crippen LogP contribution in [0.4, 0.5) is 5.69 Å². The van der Waals surface area contributed by atoms with Crippen LogP contribution in [0.1, 0.15) is 11.1 Å². The van der Waals surface area contributed by atoms with E-state index in [1.54, 1.807) is 36.5 Å². The smallest absolute Gasteiger partial charge is 0.262 e. The zero-order valence-electron chi connectivity index (χ0n) is 16.2. The summed E-state index contributed by atoms with van der Waals surface area (Å²) >= 11 is 12.1. The van der Waals surface area contributed by atoms with E-state index in [-0.39, 0.29) is 12.5 Å². The van der Waals surface area contributed by atoms with Crippen molar-refractivity contribution in [3.05, 3.63) is 69.8 Å². The molecule has 0 aliphatic carbocycles. The van der Waals surface area contributed by atoms with Crippen LogP contribution >= 0.6 is 23.2 Å². The van der Waals surface area contributed by atoms with Crippen LogP contribution in [-0.2, 0) is 4.79 Å². The number of ether oxygens (including phenoxy) is 1. The van der Waals surface area contributed by atoms with Gasteiger partial charge in [-0.05, 0) is 61.4 Å². The Kier molecular flexibility index (Phi) is 5.61. The number of carbonyl (C=O) groups excluding carboxylic acids is 1. The third-order valence-corrected chi connectivity index (χ3v) is 4.96. The van der Waals surface area contributed by atoms with E-state index in [9.17, 15) is 4.79 Å². The van der Waals surface area contributed by atoms with Crippen molar-refractivity contribution in [1.29, 1.82) is 0 Å². The summed E-state index contributed by atoms with van der Waals surface area (Å²) in [5.41, 5.74) is 4.14. The molecule has 1 N–H and O–H groups in total. The number of carbonyl (C=O) groups is 1. The van der Waals surface area contributed by atoms with E-state index >= 15 is 0 Å². The lowest BCUT2D eigenvalue weighted by Gasteiger charge is -2.13. The molecular weight excluding hydrogens is 425 g/mol. The van der Waals surface area contributed by atoms with Crippen LogP contribution in [0.3, 0.4) is 0 Å². The fourth-order valence-electron chi connectivity index (χ4n) is 2.98. The van der Waals surface area contributed by atoms with Crippen molar-refractivity contribution in [2.24, 2.45) is 0 Å². The fourth-order valence-corrected chi connectivity index (χ4v) is 3.63. The Bertz CT molecular complexity index is 1200. The highest BCUT2D eigenvalue weighted by molar-refractivity contribution is 6.35. The van der Waals surface area contributed by atoms with Crippen molar-refractivity contribution in [2.45, 2.75) is 13.8 Å². The van der Waals surface area contributed by atoms with Crippen LogP contribution in [0.15, 0.2) is 53.1 Å². The average molecular weight is 442 g/mol. The molecule has 6 nitrogen and oxygen atoms in total. The van der Waals surface area contributed by atoms with Crippen molar-refractivity contribution >= 4 is 46.0 Å². The lowest BCUT2D eigenvalue weighted by atomic mass is 10.1. The Hall–Kier alpha value is -3.09. The summed E-state index contributed by atoms with van der Waals surface area (Å²) in [4.78, 5) is 21.0. The van der Waals surface area contributed by atoms with Gasteiger partial charge in [0, 0.05) is 22.5 Å². The van der Waals surface area contributed by atoms with Gasteiger partial charge in [0.05, 0.1) is 5.02 Å². The Balaban J connectivity index is 1.50. The molecule has 4 aromatic rings. The number of aromatic nitrogens is 2. The molecule has 4 rings (SSSR count). The van der Waals surface area contributed by atoms with Gasteiger partial charge in [-0.15, -0.1) is 0 Å². The SMILES string of the molecule is Cc1ccc(-c2nc3ncccc3o2)cc1NC(=O)COc1c(C)cc(Cl)cc1Cl. The second kappa shape index (κ2) is 8.34. The van der Waals surface area contributed by atoms with Crippen molar-refractivity contribution < 1.29 is 13.9 Å². The topological polar surface area (TPSA) is 77.3 Å². The maximum Gasteiger partial charge on any atom is 0.262 e. The van der Waals surface area contributed by atoms with Crippen molar-refractivity contribution in [1.82, 2.24) is 9.97 Å². The molecule has 0 fully saturated rings. The molecule has 8 heteroatoms. The molecule has 0 unspecified atom stereocenters. The maximum atomic E-state index is 12.5. The molecule has 0 atom stereocenters. The van der Waals surface area contributed by atoms with E-state index in [4.69, 9.17) is 32.4 Å². The highest BCUT2D eigenvalue weighted by atomic mass is 35.5. The number of aryl methyl sites for hydroxylation is 2. The largest absolute Gasteiger partial charge is 0.482 e. The quantitative estimate of drug-likeness (QED) is 0.421. The van der Waals surface area contributed by atoms with Gasteiger partial charge in [-0.2, -0.15) is 4.98 Å². The number of benzene rings is 2. The molecule has 0 saturated heterocycles. The zero-order valence-corrected chi connectivity index (χ0v) is 17.7. The second-order valence-corrected chi connectivity index (χ2v) is 7.59. The second-order valence-electron chi connectivity index (χ2n) is 6.74. The Morgan fingerprint density at radius 2 is 1.97 bits per heavy atom. The summed E-state index contributed by atoms with van der Waals surface area (Å²) in [6.07, 6.45) is 1.66. The van der Waals surface area contributed by atoms with Crippen molar-refractivity contribution in [3.63, 3.8) is 0 Å². The molecule has 152 valence electrons. The molecule has 0 aliphatic rings. The number of nitrogens with zero attached hydrogens (tertiary/aromatic N) is 2. The lowest BCUT2D eigenvalue weighted by molar-refractivity contribution is -0.118. The lowest BCUT2D eigenvalue weighted by Crippen LogP contribution is -2.21. The van der Waals surface area contributed by atoms with Crippen LogP contribution in [-0.4, -0.2) is 22.5 Å². The first-order chi connectivity index (χ1) is 14.4. The number of halogens is 2. The van der Waals surface area contributed by atoms with E-state index in [0.717, 1.165) is 16.7 Å². The van der Waals surface area contributed by atoms with Gasteiger partial charge in [0.2, 0.25) is 5.89 Å². The molecule has 0 aliphatic heterocycles. The molecule has 0 radical (unpaired) electrons. The summed E-state index contributed by atoms with van der Waals surface area (Å²) in [6.45, 7) is 3.51. The van der Waals surface area contributed by atoms with E-state index in [0.29, 0.717) is 38.6 Å². The van der Waals surface area contributed by atoms with Gasteiger partial charge in [0.1, 0.15) is 5.75 Å². The van der Waals surface area contributed by atoms with Crippen LogP contribution in [0.25, 0.3) is 22.7 Å². The summed E-state index contributed by atoms with van der Waals surface area (Å²) in [5.74, 6) is 0.541. The first-order valence-electron chi connectivity index (χ1n) is 9.11. The minimum absolute atomic E-state index is 0.196. The third kappa shape index (κ3) is 4.25. The first-order valence-corrected chi connectivity index (χ1v) is 9.87. The minimum atomic E-state index is -0.320. The summed E-state index contributed by atoms with van der Waals surface area (Å²) in [6, 6.07) is 12.5. The molecule has 2 heterocycles. The van der Waals surface area contributed by atoms with Gasteiger partial charge in [-0.3, -0.25) is 4.79 Å². The highest BCUT2D eigenvalue weighted by Crippen LogP contribution is 2.32. The molecule has 2 aromatic carbocycles. The van der Waals surface area contributed by atoms with Gasteiger partial charge < -0.3 is 14.5 Å². The minimum Gasteiger partial charge on any atom is -0.482 e. The molecule has 0 bridgehead atoms. The van der Waals surface area contributed by atoms with Gasteiger partial charge in [0.15, 0.2) is 17.8 Å². The monoisotopic (exact) mass is 441 g/mol. The van der Waals surface area contributed by atoms with Gasteiger partial charge in [0.25, 0.3) is 5.91 Å². The van der Waals surface area contributed by atoms with Crippen molar-refractivity contribution in [2.75, 3.05) is 11.9 Å². The molecular formula is C22H17Cl2N3O3. The Labute approximate surface area is 182 Å². The number of pyridine rings is 1. The summed E-state index contributed by atoms with van der Waals surface area (Å²) < 4.78 is 11.4. The number of hydrogen-bond acceptors (Lipinski definition) is 5. The number of hydrogen-bond donors (Lipinski definition) is 1. The number of nitrogens with one attached hydrogen (secondary N) is 1. The highest BCUT2D eigenvalue weighted by Gasteiger charge is 2.14. The van der Waals surface area contributed by atoms with Crippen molar-refractivity contribution in [3.8, 4) is 17.2 Å². The van der Waals surface area contributed by atoms with E-state index < -0.39 is 0 Å². The molecule has 0 saturated carbocycles. The van der Waals surface area contributed by atoms with Crippen LogP contribution in [0, 0.1) is 13.8 Å². The fraction of sp³-hybridized carbons (Fsp3) is 0.136. The van der Waals surface area contributed by atoms with E-state index in [1.165, 1.54) is 0 Å². The standard InChI is InChI=1S/C22H17Cl2N3O3/c1-12-5-6-14(22-27-21-18(30-22)4-3-7-25-21)9-17(12)26-19(28)11-29-20-13(2)8-15(23)10-16(20)24/h3-10H,11H2,1-2H3,(H,26,28). The van der Waals surface area contributed by atoms with Crippen LogP contribution in [0.2, 0.25) is 10.0 Å². The number of amides is 1.